The van der Waals surface area contributed by atoms with E-state index in [1.807, 2.05) is 0 Å². The van der Waals surface area contributed by atoms with Crippen molar-refractivity contribution < 1.29 is 24.1 Å². The summed E-state index contributed by atoms with van der Waals surface area (Å²) >= 11 is 0. The second-order valence-electron chi connectivity index (χ2n) is 7.55. The van der Waals surface area contributed by atoms with Gasteiger partial charge in [0.1, 0.15) is 11.9 Å². The first-order valence-corrected chi connectivity index (χ1v) is 9.64. The van der Waals surface area contributed by atoms with Gasteiger partial charge < -0.3 is 34.9 Å². The molecule has 2 amide bonds. The van der Waals surface area contributed by atoms with Crippen LogP contribution in [0.2, 0.25) is 0 Å². The Morgan fingerprint density at radius 3 is 2.61 bits per heavy atom. The Morgan fingerprint density at radius 1 is 1.21 bits per heavy atom. The van der Waals surface area contributed by atoms with Crippen LogP contribution in [0.4, 0.5) is 10.5 Å². The van der Waals surface area contributed by atoms with E-state index in [-0.39, 0.29) is 18.2 Å². The maximum Gasteiger partial charge on any atom is 0.319 e. The molecule has 5 unspecified atom stereocenters. The fourth-order valence-corrected chi connectivity index (χ4v) is 4.08. The van der Waals surface area contributed by atoms with Gasteiger partial charge in [0.2, 0.25) is 0 Å². The summed E-state index contributed by atoms with van der Waals surface area (Å²) in [7, 11) is 3.68. The number of anilines is 1. The number of nitrogens with one attached hydrogen (secondary N) is 2. The van der Waals surface area contributed by atoms with Gasteiger partial charge in [-0.3, -0.25) is 4.90 Å². The number of likely N-dealkylation sites (N-methyl/N-ethyl adjacent to an activating group) is 1. The molecule has 3 saturated heterocycles. The number of ether oxygens (including phenoxy) is 3. The van der Waals surface area contributed by atoms with Crippen LogP contribution in [0.25, 0.3) is 0 Å². The van der Waals surface area contributed by atoms with Crippen molar-refractivity contribution in [3.63, 3.8) is 0 Å². The number of benzene rings is 1. The Kier molecular flexibility index (Phi) is 5.70. The van der Waals surface area contributed by atoms with Crippen molar-refractivity contribution in [2.45, 2.75) is 30.6 Å². The third-order valence-corrected chi connectivity index (χ3v) is 5.74. The van der Waals surface area contributed by atoms with Gasteiger partial charge in [-0.05, 0) is 31.3 Å². The molecule has 3 heterocycles. The lowest BCUT2D eigenvalue weighted by Crippen LogP contribution is -2.67. The molecule has 0 aliphatic carbocycles. The van der Waals surface area contributed by atoms with E-state index in [1.165, 1.54) is 0 Å². The maximum atomic E-state index is 12.5. The Bertz CT molecular complexity index is 679. The Balaban J connectivity index is 1.40. The van der Waals surface area contributed by atoms with Gasteiger partial charge in [0, 0.05) is 31.9 Å². The van der Waals surface area contributed by atoms with Gasteiger partial charge in [0.25, 0.3) is 0 Å². The monoisotopic (exact) mass is 392 g/mol. The summed E-state index contributed by atoms with van der Waals surface area (Å²) in [5, 5.41) is 16.7. The Morgan fingerprint density at radius 2 is 1.93 bits per heavy atom. The van der Waals surface area contributed by atoms with Crippen molar-refractivity contribution in [2.75, 3.05) is 52.3 Å². The van der Waals surface area contributed by atoms with Crippen molar-refractivity contribution in [1.29, 1.82) is 0 Å². The van der Waals surface area contributed by atoms with E-state index in [4.69, 9.17) is 14.2 Å². The number of piperazine rings is 1. The molecule has 3 aliphatic heterocycles. The molecule has 154 valence electrons. The highest BCUT2D eigenvalue weighted by molar-refractivity contribution is 5.89. The topological polar surface area (TPSA) is 95.5 Å². The molecule has 0 spiro atoms. The van der Waals surface area contributed by atoms with Gasteiger partial charge in [-0.1, -0.05) is 0 Å². The number of aliphatic hydroxyl groups excluding tert-OH is 1. The van der Waals surface area contributed by atoms with Crippen LogP contribution in [0.1, 0.15) is 0 Å². The summed E-state index contributed by atoms with van der Waals surface area (Å²) in [4.78, 5) is 17.0. The summed E-state index contributed by atoms with van der Waals surface area (Å²) < 4.78 is 16.8. The van der Waals surface area contributed by atoms with Gasteiger partial charge in [0.15, 0.2) is 6.29 Å². The van der Waals surface area contributed by atoms with Gasteiger partial charge in [-0.15, -0.1) is 0 Å². The van der Waals surface area contributed by atoms with E-state index < -0.39 is 18.4 Å². The number of aliphatic hydroxyl groups is 1. The van der Waals surface area contributed by atoms with Crippen molar-refractivity contribution in [1.82, 2.24) is 15.1 Å². The van der Waals surface area contributed by atoms with Gasteiger partial charge in [0.05, 0.1) is 31.9 Å². The number of rotatable bonds is 4. The number of urea groups is 1. The molecule has 0 radical (unpaired) electrons. The molecule has 3 N–H and O–H groups in total. The number of carbonyl (C=O) groups is 1. The molecule has 4 rings (SSSR count). The van der Waals surface area contributed by atoms with Crippen LogP contribution in [-0.4, -0.2) is 98.5 Å². The Hall–Kier alpha value is -1.91. The van der Waals surface area contributed by atoms with Crippen LogP contribution in [0.3, 0.4) is 0 Å². The first-order valence-electron chi connectivity index (χ1n) is 9.64. The summed E-state index contributed by atoms with van der Waals surface area (Å²) in [6.07, 6.45) is -1.58. The first-order chi connectivity index (χ1) is 13.5. The third kappa shape index (κ3) is 3.94. The van der Waals surface area contributed by atoms with E-state index in [0.717, 1.165) is 26.2 Å². The zero-order chi connectivity index (χ0) is 19.7. The molecule has 1 aromatic rings. The molecule has 0 aromatic heterocycles. The predicted molar refractivity (Wildman–Crippen MR) is 102 cm³/mol. The standard InChI is InChI=1S/C19H28N4O5/c1-22-7-9-23(10-8-22)16-17(24)15(14-11-27-18(16)28-14)21-19(25)20-12-3-5-13(26-2)6-4-12/h3-6,14-18,24H,7-11H2,1-2H3,(H2,20,21,25). The third-order valence-electron chi connectivity index (χ3n) is 5.74. The lowest BCUT2D eigenvalue weighted by molar-refractivity contribution is -0.184. The number of amides is 2. The highest BCUT2D eigenvalue weighted by Crippen LogP contribution is 2.32. The molecule has 9 heteroatoms. The smallest absolute Gasteiger partial charge is 0.319 e. The molecular weight excluding hydrogens is 364 g/mol. The van der Waals surface area contributed by atoms with Gasteiger partial charge >= 0.3 is 6.03 Å². The van der Waals surface area contributed by atoms with Crippen LogP contribution in [0, 0.1) is 0 Å². The summed E-state index contributed by atoms with van der Waals surface area (Å²) in [5.41, 5.74) is 0.640. The van der Waals surface area contributed by atoms with Crippen LogP contribution >= 0.6 is 0 Å². The quantitative estimate of drug-likeness (QED) is 0.660. The molecule has 2 bridgehead atoms. The minimum absolute atomic E-state index is 0.293. The molecule has 0 saturated carbocycles. The summed E-state index contributed by atoms with van der Waals surface area (Å²) in [6, 6.07) is 5.84. The number of nitrogens with zero attached hydrogens (tertiary/aromatic N) is 2. The minimum atomic E-state index is -0.767. The van der Waals surface area contributed by atoms with E-state index in [2.05, 4.69) is 27.5 Å². The van der Waals surface area contributed by atoms with Crippen molar-refractivity contribution in [3.05, 3.63) is 24.3 Å². The molecule has 9 nitrogen and oxygen atoms in total. The first kappa shape index (κ1) is 19.4. The normalized spacial score (nSPS) is 33.5. The van der Waals surface area contributed by atoms with Gasteiger partial charge in [-0.25, -0.2) is 4.79 Å². The average Bonchev–Trinajstić information content (AvgIpc) is 3.13. The zero-order valence-electron chi connectivity index (χ0n) is 16.2. The Labute approximate surface area is 164 Å². The lowest BCUT2D eigenvalue weighted by atomic mass is 9.94. The molecule has 3 aliphatic rings. The number of methoxy groups -OCH3 is 1. The van der Waals surface area contributed by atoms with E-state index in [1.54, 1.807) is 31.4 Å². The van der Waals surface area contributed by atoms with Crippen molar-refractivity contribution in [2.24, 2.45) is 0 Å². The molecule has 3 fully saturated rings. The van der Waals surface area contributed by atoms with E-state index in [0.29, 0.717) is 18.0 Å². The highest BCUT2D eigenvalue weighted by atomic mass is 16.7. The van der Waals surface area contributed by atoms with Crippen molar-refractivity contribution >= 4 is 11.7 Å². The maximum absolute atomic E-state index is 12.5. The minimum Gasteiger partial charge on any atom is -0.497 e. The number of fused-ring (bicyclic) bond motifs is 2. The molecular formula is C19H28N4O5. The highest BCUT2D eigenvalue weighted by Gasteiger charge is 2.52. The van der Waals surface area contributed by atoms with Crippen LogP contribution in [-0.2, 0) is 9.47 Å². The molecule has 5 atom stereocenters. The fourth-order valence-electron chi connectivity index (χ4n) is 4.08. The van der Waals surface area contributed by atoms with Crippen LogP contribution < -0.4 is 15.4 Å². The zero-order valence-corrected chi connectivity index (χ0v) is 16.2. The SMILES string of the molecule is COc1ccc(NC(=O)NC2C3COC(O3)C(N3CCN(C)CC3)C2O)cc1. The number of carbonyl (C=O) groups excluding carboxylic acids is 1. The summed E-state index contributed by atoms with van der Waals surface area (Å²) in [5.74, 6) is 0.714. The largest absolute Gasteiger partial charge is 0.497 e. The van der Waals surface area contributed by atoms with Crippen molar-refractivity contribution in [3.8, 4) is 5.75 Å². The number of hydrogen-bond donors (Lipinski definition) is 3. The second-order valence-corrected chi connectivity index (χ2v) is 7.55. The molecule has 28 heavy (non-hydrogen) atoms. The summed E-state index contributed by atoms with van der Waals surface area (Å²) in [6.45, 7) is 3.87. The van der Waals surface area contributed by atoms with E-state index in [9.17, 15) is 9.90 Å². The van der Waals surface area contributed by atoms with Crippen LogP contribution in [0.15, 0.2) is 24.3 Å². The average molecular weight is 392 g/mol. The number of hydrogen-bond acceptors (Lipinski definition) is 7. The fraction of sp³-hybridized carbons (Fsp3) is 0.632. The second kappa shape index (κ2) is 8.22. The van der Waals surface area contributed by atoms with Gasteiger partial charge in [-0.2, -0.15) is 0 Å². The predicted octanol–water partition coefficient (Wildman–Crippen LogP) is -0.0827. The lowest BCUT2D eigenvalue weighted by Gasteiger charge is -2.46. The van der Waals surface area contributed by atoms with E-state index >= 15 is 0 Å². The van der Waals surface area contributed by atoms with Crippen LogP contribution in [0.5, 0.6) is 5.75 Å². The molecule has 1 aromatic carbocycles.